The second kappa shape index (κ2) is 10.3. The Morgan fingerprint density at radius 3 is 1.94 bits per heavy atom. The average molecular weight is 481 g/mol. The van der Waals surface area contributed by atoms with Crippen molar-refractivity contribution in [3.05, 3.63) is 83.4 Å². The number of amides is 1. The van der Waals surface area contributed by atoms with Gasteiger partial charge in [0.2, 0.25) is 0 Å². The van der Waals surface area contributed by atoms with Gasteiger partial charge in [-0.05, 0) is 59.4 Å². The van der Waals surface area contributed by atoms with Crippen molar-refractivity contribution in [2.45, 2.75) is 44.4 Å². The summed E-state index contributed by atoms with van der Waals surface area (Å²) in [5.41, 5.74) is 3.77. The molecule has 1 amide bonds. The van der Waals surface area contributed by atoms with E-state index in [1.165, 1.54) is 42.7 Å². The lowest BCUT2D eigenvalue weighted by Crippen LogP contribution is -2.27. The molecule has 0 radical (unpaired) electrons. The third-order valence-corrected chi connectivity index (χ3v) is 7.60. The van der Waals surface area contributed by atoms with Gasteiger partial charge in [-0.1, -0.05) is 58.0 Å². The molecule has 0 bridgehead atoms. The quantitative estimate of drug-likeness (QED) is 0.428. The summed E-state index contributed by atoms with van der Waals surface area (Å²) in [4.78, 5) is 13.2. The van der Waals surface area contributed by atoms with E-state index < -0.39 is 10.0 Å². The molecule has 0 unspecified atom stereocenters. The molecular formula is C27H32N2O4S. The number of anilines is 2. The van der Waals surface area contributed by atoms with E-state index in [9.17, 15) is 13.2 Å². The smallest absolute Gasteiger partial charge is 0.264 e. The number of hydrogen-bond acceptors (Lipinski definition) is 4. The first-order chi connectivity index (χ1) is 16.1. The zero-order valence-corrected chi connectivity index (χ0v) is 21.3. The van der Waals surface area contributed by atoms with Crippen molar-refractivity contribution in [2.75, 3.05) is 23.8 Å². The lowest BCUT2D eigenvalue weighted by molar-refractivity contribution is 0.102. The van der Waals surface area contributed by atoms with Gasteiger partial charge in [0.1, 0.15) is 5.75 Å². The van der Waals surface area contributed by atoms with Crippen LogP contribution in [0.15, 0.2) is 71.6 Å². The molecule has 3 rings (SSSR count). The number of ether oxygens (including phenoxy) is 1. The van der Waals surface area contributed by atoms with Gasteiger partial charge in [0.15, 0.2) is 0 Å². The van der Waals surface area contributed by atoms with Gasteiger partial charge in [-0.3, -0.25) is 9.10 Å². The summed E-state index contributed by atoms with van der Waals surface area (Å²) in [5.74, 6) is 0.658. The van der Waals surface area contributed by atoms with Crippen LogP contribution in [0.1, 0.15) is 61.0 Å². The Hall–Kier alpha value is -3.32. The third kappa shape index (κ3) is 5.09. The van der Waals surface area contributed by atoms with Gasteiger partial charge >= 0.3 is 0 Å². The summed E-state index contributed by atoms with van der Waals surface area (Å²) in [6.45, 7) is 8.36. The number of carbonyl (C=O) groups excluding carboxylic acids is 1. The molecule has 0 aliphatic rings. The van der Waals surface area contributed by atoms with Crippen LogP contribution in [0.4, 0.5) is 11.4 Å². The number of methoxy groups -OCH3 is 1. The van der Waals surface area contributed by atoms with Crippen molar-refractivity contribution in [2.24, 2.45) is 0 Å². The molecular weight excluding hydrogens is 448 g/mol. The largest absolute Gasteiger partial charge is 0.495 e. The standard InChI is InChI=1S/C27H32N2O4S/c1-18(2)22-10-9-11-23(19(3)4)26(22)28-27(30)20-14-16-21(17-15-20)34(31,32)29(5)24-12-7-8-13-25(24)33-6/h7-19H,1-6H3,(H,28,30). The summed E-state index contributed by atoms with van der Waals surface area (Å²) in [5, 5.41) is 3.06. The Bertz CT molecular complexity index is 1240. The van der Waals surface area contributed by atoms with E-state index in [1.807, 2.05) is 18.2 Å². The molecule has 0 fully saturated rings. The molecule has 0 aliphatic carbocycles. The van der Waals surface area contributed by atoms with Crippen molar-refractivity contribution in [3.63, 3.8) is 0 Å². The van der Waals surface area contributed by atoms with Gasteiger partial charge in [-0.15, -0.1) is 0 Å². The summed E-state index contributed by atoms with van der Waals surface area (Å²) < 4.78 is 32.8. The SMILES string of the molecule is COc1ccccc1N(C)S(=O)(=O)c1ccc(C(=O)Nc2c(C(C)C)cccc2C(C)C)cc1. The Morgan fingerprint density at radius 2 is 1.41 bits per heavy atom. The van der Waals surface area contributed by atoms with E-state index in [1.54, 1.807) is 24.3 Å². The van der Waals surface area contributed by atoms with Gasteiger partial charge in [-0.2, -0.15) is 0 Å². The number of rotatable bonds is 8. The van der Waals surface area contributed by atoms with Gasteiger partial charge in [0.25, 0.3) is 15.9 Å². The van der Waals surface area contributed by atoms with Crippen LogP contribution in [0.2, 0.25) is 0 Å². The van der Waals surface area contributed by atoms with E-state index in [4.69, 9.17) is 4.74 Å². The van der Waals surface area contributed by atoms with E-state index in [0.717, 1.165) is 16.8 Å². The fraction of sp³-hybridized carbons (Fsp3) is 0.296. The molecule has 0 spiro atoms. The summed E-state index contributed by atoms with van der Waals surface area (Å²) in [7, 11) is -0.869. The lowest BCUT2D eigenvalue weighted by Gasteiger charge is -2.22. The number of para-hydroxylation sites is 3. The second-order valence-electron chi connectivity index (χ2n) is 8.74. The molecule has 7 heteroatoms. The third-order valence-electron chi connectivity index (χ3n) is 5.81. The van der Waals surface area contributed by atoms with Crippen LogP contribution in [0.25, 0.3) is 0 Å². The number of carbonyl (C=O) groups is 1. The molecule has 3 aromatic rings. The van der Waals surface area contributed by atoms with Gasteiger partial charge in [0, 0.05) is 18.3 Å². The molecule has 3 aromatic carbocycles. The van der Waals surface area contributed by atoms with Crippen LogP contribution in [0, 0.1) is 0 Å². The molecule has 0 heterocycles. The first-order valence-corrected chi connectivity index (χ1v) is 12.7. The van der Waals surface area contributed by atoms with Gasteiger partial charge in [-0.25, -0.2) is 8.42 Å². The summed E-state index contributed by atoms with van der Waals surface area (Å²) in [6.07, 6.45) is 0. The molecule has 180 valence electrons. The van der Waals surface area contributed by atoms with E-state index in [2.05, 4.69) is 33.0 Å². The van der Waals surface area contributed by atoms with Gasteiger partial charge < -0.3 is 10.1 Å². The maximum absolute atomic E-state index is 13.2. The normalized spacial score (nSPS) is 11.5. The van der Waals surface area contributed by atoms with E-state index in [0.29, 0.717) is 17.0 Å². The maximum atomic E-state index is 13.2. The first-order valence-electron chi connectivity index (χ1n) is 11.2. The summed E-state index contributed by atoms with van der Waals surface area (Å²) in [6, 6.07) is 18.9. The number of hydrogen-bond donors (Lipinski definition) is 1. The lowest BCUT2D eigenvalue weighted by atomic mass is 9.92. The minimum Gasteiger partial charge on any atom is -0.495 e. The van der Waals surface area contributed by atoms with Crippen LogP contribution in [0.5, 0.6) is 5.75 Å². The Kier molecular flexibility index (Phi) is 7.67. The van der Waals surface area contributed by atoms with Crippen molar-refractivity contribution in [1.82, 2.24) is 0 Å². The number of nitrogens with zero attached hydrogens (tertiary/aromatic N) is 1. The second-order valence-corrected chi connectivity index (χ2v) is 10.7. The van der Waals surface area contributed by atoms with Crippen molar-refractivity contribution in [3.8, 4) is 5.75 Å². The van der Waals surface area contributed by atoms with Crippen LogP contribution in [-0.4, -0.2) is 28.5 Å². The van der Waals surface area contributed by atoms with Gasteiger partial charge in [0.05, 0.1) is 17.7 Å². The van der Waals surface area contributed by atoms with Crippen LogP contribution in [-0.2, 0) is 10.0 Å². The molecule has 6 nitrogen and oxygen atoms in total. The maximum Gasteiger partial charge on any atom is 0.264 e. The number of nitrogens with one attached hydrogen (secondary N) is 1. The first kappa shape index (κ1) is 25.3. The summed E-state index contributed by atoms with van der Waals surface area (Å²) >= 11 is 0. The Balaban J connectivity index is 1.89. The molecule has 0 saturated heterocycles. The zero-order chi connectivity index (χ0) is 25.0. The highest BCUT2D eigenvalue weighted by Gasteiger charge is 2.24. The highest BCUT2D eigenvalue weighted by molar-refractivity contribution is 7.92. The monoisotopic (exact) mass is 480 g/mol. The fourth-order valence-corrected chi connectivity index (χ4v) is 5.04. The zero-order valence-electron chi connectivity index (χ0n) is 20.5. The van der Waals surface area contributed by atoms with E-state index >= 15 is 0 Å². The molecule has 0 atom stereocenters. The number of benzene rings is 3. The molecule has 1 N–H and O–H groups in total. The Morgan fingerprint density at radius 1 is 0.853 bits per heavy atom. The Labute approximate surface area is 202 Å². The van der Waals surface area contributed by atoms with Crippen LogP contribution >= 0.6 is 0 Å². The minimum absolute atomic E-state index is 0.0860. The molecule has 0 aliphatic heterocycles. The predicted molar refractivity (Wildman–Crippen MR) is 138 cm³/mol. The minimum atomic E-state index is -3.84. The molecule has 0 aromatic heterocycles. The van der Waals surface area contributed by atoms with Crippen molar-refractivity contribution in [1.29, 1.82) is 0 Å². The predicted octanol–water partition coefficient (Wildman–Crippen LogP) is 6.02. The molecule has 0 saturated carbocycles. The van der Waals surface area contributed by atoms with Crippen LogP contribution < -0.4 is 14.4 Å². The number of sulfonamides is 1. The molecule has 34 heavy (non-hydrogen) atoms. The van der Waals surface area contributed by atoms with Crippen molar-refractivity contribution < 1.29 is 17.9 Å². The highest BCUT2D eigenvalue weighted by Crippen LogP contribution is 2.33. The van der Waals surface area contributed by atoms with Crippen LogP contribution in [0.3, 0.4) is 0 Å². The van der Waals surface area contributed by atoms with Crippen molar-refractivity contribution >= 4 is 27.3 Å². The highest BCUT2D eigenvalue weighted by atomic mass is 32.2. The van der Waals surface area contributed by atoms with E-state index in [-0.39, 0.29) is 22.6 Å². The fourth-order valence-electron chi connectivity index (χ4n) is 3.84. The average Bonchev–Trinajstić information content (AvgIpc) is 2.83. The topological polar surface area (TPSA) is 75.7 Å².